The van der Waals surface area contributed by atoms with E-state index in [1.165, 1.54) is 16.4 Å². The maximum atomic E-state index is 13.6. The summed E-state index contributed by atoms with van der Waals surface area (Å²) in [5, 5.41) is 9.31. The first-order valence-corrected chi connectivity index (χ1v) is 9.15. The molecule has 0 aromatic heterocycles. The minimum atomic E-state index is -3.52. The van der Waals surface area contributed by atoms with Gasteiger partial charge in [0.1, 0.15) is 5.82 Å². The fraction of sp³-hybridized carbons (Fsp3) is 0.600. The van der Waals surface area contributed by atoms with Crippen molar-refractivity contribution in [1.82, 2.24) is 9.21 Å². The van der Waals surface area contributed by atoms with Crippen LogP contribution >= 0.6 is 0 Å². The summed E-state index contributed by atoms with van der Waals surface area (Å²) in [6.45, 7) is 4.03. The minimum Gasteiger partial charge on any atom is -0.395 e. The van der Waals surface area contributed by atoms with Gasteiger partial charge in [0.15, 0.2) is 0 Å². The summed E-state index contributed by atoms with van der Waals surface area (Å²) in [6, 6.07) is 6.04. The number of aliphatic hydroxyl groups is 1. The molecule has 1 aromatic carbocycles. The zero-order valence-electron chi connectivity index (χ0n) is 12.8. The van der Waals surface area contributed by atoms with E-state index in [1.807, 2.05) is 6.92 Å². The van der Waals surface area contributed by atoms with Crippen molar-refractivity contribution in [3.05, 3.63) is 35.6 Å². The lowest BCUT2D eigenvalue weighted by Gasteiger charge is -2.37. The fourth-order valence-corrected chi connectivity index (χ4v) is 4.28. The average Bonchev–Trinajstić information content (AvgIpc) is 2.51. The summed E-state index contributed by atoms with van der Waals surface area (Å²) in [6.07, 6.45) is 0.832. The molecule has 0 aliphatic carbocycles. The summed E-state index contributed by atoms with van der Waals surface area (Å²) in [5.41, 5.74) is 0.201. The Labute approximate surface area is 131 Å². The van der Waals surface area contributed by atoms with Crippen LogP contribution in [0.15, 0.2) is 24.3 Å². The van der Waals surface area contributed by atoms with E-state index in [2.05, 4.69) is 4.90 Å². The summed E-state index contributed by atoms with van der Waals surface area (Å²) in [5.74, 6) is -0.798. The second kappa shape index (κ2) is 7.50. The lowest BCUT2D eigenvalue weighted by molar-refractivity contribution is 0.0880. The Hall–Kier alpha value is -1.02. The zero-order valence-corrected chi connectivity index (χ0v) is 13.6. The van der Waals surface area contributed by atoms with Gasteiger partial charge in [0, 0.05) is 37.8 Å². The normalized spacial score (nSPS) is 19.2. The number of sulfonamides is 1. The SMILES string of the molecule is CCC(CO)N1CCN(S(=O)(=O)Cc2ccccc2F)CC1. The van der Waals surface area contributed by atoms with Crippen LogP contribution in [0.4, 0.5) is 4.39 Å². The molecule has 1 aliphatic rings. The van der Waals surface area contributed by atoms with Gasteiger partial charge in [0.05, 0.1) is 12.4 Å². The van der Waals surface area contributed by atoms with Crippen LogP contribution in [-0.4, -0.2) is 61.6 Å². The smallest absolute Gasteiger partial charge is 0.218 e. The number of aliphatic hydroxyl groups excluding tert-OH is 1. The molecule has 0 bridgehead atoms. The second-order valence-corrected chi connectivity index (χ2v) is 7.50. The Bertz CT molecular complexity index is 582. The van der Waals surface area contributed by atoms with E-state index in [9.17, 15) is 17.9 Å². The van der Waals surface area contributed by atoms with Crippen molar-refractivity contribution in [3.8, 4) is 0 Å². The minimum absolute atomic E-state index is 0.0800. The molecule has 1 aromatic rings. The molecule has 0 spiro atoms. The Morgan fingerprint density at radius 3 is 2.41 bits per heavy atom. The molecule has 0 radical (unpaired) electrons. The molecule has 0 saturated carbocycles. The van der Waals surface area contributed by atoms with Crippen molar-refractivity contribution in [3.63, 3.8) is 0 Å². The lowest BCUT2D eigenvalue weighted by atomic mass is 10.2. The van der Waals surface area contributed by atoms with Crippen LogP contribution in [0.2, 0.25) is 0 Å². The first kappa shape index (κ1) is 17.3. The summed E-state index contributed by atoms with van der Waals surface area (Å²) in [4.78, 5) is 2.11. The van der Waals surface area contributed by atoms with Gasteiger partial charge in [-0.2, -0.15) is 4.31 Å². The molecular weight excluding hydrogens is 307 g/mol. The third kappa shape index (κ3) is 4.04. The largest absolute Gasteiger partial charge is 0.395 e. The van der Waals surface area contributed by atoms with Crippen LogP contribution in [0.25, 0.3) is 0 Å². The van der Waals surface area contributed by atoms with Gasteiger partial charge in [0.2, 0.25) is 10.0 Å². The van der Waals surface area contributed by atoms with Crippen LogP contribution in [0.3, 0.4) is 0 Å². The van der Waals surface area contributed by atoms with Crippen LogP contribution in [0, 0.1) is 5.82 Å². The molecule has 1 N–H and O–H groups in total. The molecule has 1 aliphatic heterocycles. The lowest BCUT2D eigenvalue weighted by Crippen LogP contribution is -2.52. The second-order valence-electron chi connectivity index (χ2n) is 5.53. The molecule has 2 rings (SSSR count). The predicted octanol–water partition coefficient (Wildman–Crippen LogP) is 1.04. The number of benzene rings is 1. The first-order valence-electron chi connectivity index (χ1n) is 7.54. The number of hydrogen-bond donors (Lipinski definition) is 1. The van der Waals surface area contributed by atoms with Crippen molar-refractivity contribution in [1.29, 1.82) is 0 Å². The van der Waals surface area contributed by atoms with E-state index in [0.717, 1.165) is 6.42 Å². The Morgan fingerprint density at radius 1 is 1.23 bits per heavy atom. The Morgan fingerprint density at radius 2 is 1.86 bits per heavy atom. The van der Waals surface area contributed by atoms with Crippen molar-refractivity contribution < 1.29 is 17.9 Å². The molecule has 22 heavy (non-hydrogen) atoms. The average molecular weight is 330 g/mol. The number of halogens is 1. The van der Waals surface area contributed by atoms with Gasteiger partial charge in [-0.3, -0.25) is 4.90 Å². The van der Waals surface area contributed by atoms with Gasteiger partial charge in [-0.15, -0.1) is 0 Å². The van der Waals surface area contributed by atoms with Gasteiger partial charge < -0.3 is 5.11 Å². The number of piperazine rings is 1. The molecule has 1 heterocycles. The third-order valence-corrected chi connectivity index (χ3v) is 5.99. The van der Waals surface area contributed by atoms with E-state index in [1.54, 1.807) is 12.1 Å². The van der Waals surface area contributed by atoms with Crippen LogP contribution < -0.4 is 0 Å². The van der Waals surface area contributed by atoms with Crippen LogP contribution in [0.1, 0.15) is 18.9 Å². The number of nitrogens with zero attached hydrogens (tertiary/aromatic N) is 2. The van der Waals surface area contributed by atoms with E-state index in [4.69, 9.17) is 0 Å². The monoisotopic (exact) mass is 330 g/mol. The first-order chi connectivity index (χ1) is 10.5. The maximum absolute atomic E-state index is 13.6. The maximum Gasteiger partial charge on any atom is 0.218 e. The molecule has 1 atom stereocenters. The highest BCUT2D eigenvalue weighted by molar-refractivity contribution is 7.88. The van der Waals surface area contributed by atoms with Gasteiger partial charge in [-0.25, -0.2) is 12.8 Å². The van der Waals surface area contributed by atoms with Crippen molar-refractivity contribution in [2.24, 2.45) is 0 Å². The topological polar surface area (TPSA) is 60.9 Å². The highest BCUT2D eigenvalue weighted by Gasteiger charge is 2.29. The molecule has 0 amide bonds. The summed E-state index contributed by atoms with van der Waals surface area (Å²) in [7, 11) is -3.52. The van der Waals surface area contributed by atoms with Gasteiger partial charge >= 0.3 is 0 Å². The van der Waals surface area contributed by atoms with E-state index in [0.29, 0.717) is 26.2 Å². The molecular formula is C15H23FN2O3S. The van der Waals surface area contributed by atoms with Gasteiger partial charge in [-0.05, 0) is 12.5 Å². The predicted molar refractivity (Wildman–Crippen MR) is 83.3 cm³/mol. The highest BCUT2D eigenvalue weighted by Crippen LogP contribution is 2.17. The molecule has 5 nitrogen and oxygen atoms in total. The Kier molecular flexibility index (Phi) is 5.91. The molecule has 124 valence electrons. The Balaban J connectivity index is 1.99. The van der Waals surface area contributed by atoms with Gasteiger partial charge in [-0.1, -0.05) is 25.1 Å². The van der Waals surface area contributed by atoms with Crippen LogP contribution in [-0.2, 0) is 15.8 Å². The molecule has 1 unspecified atom stereocenters. The van der Waals surface area contributed by atoms with Crippen molar-refractivity contribution in [2.75, 3.05) is 32.8 Å². The summed E-state index contributed by atoms with van der Waals surface area (Å²) >= 11 is 0. The fourth-order valence-electron chi connectivity index (χ4n) is 2.75. The molecule has 1 saturated heterocycles. The zero-order chi connectivity index (χ0) is 16.2. The number of rotatable bonds is 6. The summed E-state index contributed by atoms with van der Waals surface area (Å²) < 4.78 is 39.9. The van der Waals surface area contributed by atoms with Crippen molar-refractivity contribution in [2.45, 2.75) is 25.1 Å². The third-order valence-electron chi connectivity index (χ3n) is 4.16. The highest BCUT2D eigenvalue weighted by atomic mass is 32.2. The van der Waals surface area contributed by atoms with Gasteiger partial charge in [0.25, 0.3) is 0 Å². The van der Waals surface area contributed by atoms with E-state index in [-0.39, 0.29) is 24.0 Å². The van der Waals surface area contributed by atoms with Crippen molar-refractivity contribution >= 4 is 10.0 Å². The van der Waals surface area contributed by atoms with E-state index >= 15 is 0 Å². The van der Waals surface area contributed by atoms with E-state index < -0.39 is 15.8 Å². The quantitative estimate of drug-likeness (QED) is 0.847. The molecule has 7 heteroatoms. The van der Waals surface area contributed by atoms with Crippen LogP contribution in [0.5, 0.6) is 0 Å². The number of hydrogen-bond acceptors (Lipinski definition) is 4. The molecule has 1 fully saturated rings. The standard InChI is InChI=1S/C15H23FN2O3S/c1-2-14(11-19)17-7-9-18(10-8-17)22(20,21)12-13-5-3-4-6-15(13)16/h3-6,14,19H,2,7-12H2,1H3.